The number of hydrogen-bond acceptors (Lipinski definition) is 4. The molecule has 1 aliphatic rings. The van der Waals surface area contributed by atoms with Crippen LogP contribution in [0.2, 0.25) is 0 Å². The Morgan fingerprint density at radius 2 is 1.96 bits per heavy atom. The number of benzene rings is 2. The van der Waals surface area contributed by atoms with E-state index in [1.807, 2.05) is 11.6 Å². The first kappa shape index (κ1) is 17.2. The van der Waals surface area contributed by atoms with E-state index in [-0.39, 0.29) is 5.91 Å². The molecule has 0 spiro atoms. The van der Waals surface area contributed by atoms with Gasteiger partial charge in [0.1, 0.15) is 0 Å². The summed E-state index contributed by atoms with van der Waals surface area (Å²) in [7, 11) is 1.68. The highest BCUT2D eigenvalue weighted by Crippen LogP contribution is 2.28. The molecule has 5 heteroatoms. The lowest BCUT2D eigenvalue weighted by Gasteiger charge is -2.28. The maximum absolute atomic E-state index is 11.9. The van der Waals surface area contributed by atoms with Gasteiger partial charge in [-0.25, -0.2) is 4.98 Å². The molecule has 1 N–H and O–H groups in total. The number of amides is 1. The SMILES string of the molecule is CNC(=O)c1ccc2c(c1)CCN(C(C)c1ccc3scnc3c1)CC2. The lowest BCUT2D eigenvalue weighted by atomic mass is 10.00. The van der Waals surface area contributed by atoms with Crippen LogP contribution in [0.1, 0.15) is 40.0 Å². The Morgan fingerprint density at radius 3 is 2.77 bits per heavy atom. The van der Waals surface area contributed by atoms with Crippen LogP contribution in [0.3, 0.4) is 0 Å². The molecule has 0 radical (unpaired) electrons. The molecule has 1 aromatic heterocycles. The minimum Gasteiger partial charge on any atom is -0.355 e. The highest BCUT2D eigenvalue weighted by Gasteiger charge is 2.21. The van der Waals surface area contributed by atoms with Gasteiger partial charge in [-0.05, 0) is 60.7 Å². The van der Waals surface area contributed by atoms with Crippen molar-refractivity contribution in [2.45, 2.75) is 25.8 Å². The molecule has 3 aromatic rings. The summed E-state index contributed by atoms with van der Waals surface area (Å²) in [4.78, 5) is 18.9. The summed E-state index contributed by atoms with van der Waals surface area (Å²) in [5, 5.41) is 2.71. The summed E-state index contributed by atoms with van der Waals surface area (Å²) in [6.07, 6.45) is 2.00. The number of thiazole rings is 1. The van der Waals surface area contributed by atoms with Crippen LogP contribution in [0.25, 0.3) is 10.2 Å². The summed E-state index contributed by atoms with van der Waals surface area (Å²) in [6, 6.07) is 13.1. The van der Waals surface area contributed by atoms with Crippen LogP contribution in [0.4, 0.5) is 0 Å². The number of nitrogens with one attached hydrogen (secondary N) is 1. The Bertz CT molecular complexity index is 949. The van der Waals surface area contributed by atoms with Crippen molar-refractivity contribution in [3.05, 3.63) is 64.2 Å². The van der Waals surface area contributed by atoms with Crippen molar-refractivity contribution in [2.24, 2.45) is 0 Å². The number of nitrogens with zero attached hydrogens (tertiary/aromatic N) is 2. The van der Waals surface area contributed by atoms with Crippen LogP contribution in [0.15, 0.2) is 41.9 Å². The average molecular weight is 366 g/mol. The Balaban J connectivity index is 1.53. The minimum absolute atomic E-state index is 0.0150. The van der Waals surface area contributed by atoms with Crippen molar-refractivity contribution in [3.63, 3.8) is 0 Å². The second-order valence-electron chi connectivity index (χ2n) is 6.85. The van der Waals surface area contributed by atoms with E-state index in [4.69, 9.17) is 0 Å². The van der Waals surface area contributed by atoms with Gasteiger partial charge in [0, 0.05) is 31.7 Å². The fourth-order valence-corrected chi connectivity index (χ4v) is 4.42. The molecule has 2 heterocycles. The van der Waals surface area contributed by atoms with Crippen LogP contribution in [-0.2, 0) is 12.8 Å². The van der Waals surface area contributed by atoms with E-state index in [2.05, 4.69) is 52.5 Å². The van der Waals surface area contributed by atoms with Gasteiger partial charge >= 0.3 is 0 Å². The molecule has 1 atom stereocenters. The van der Waals surface area contributed by atoms with E-state index in [9.17, 15) is 4.79 Å². The van der Waals surface area contributed by atoms with Gasteiger partial charge < -0.3 is 5.32 Å². The number of aromatic nitrogens is 1. The Morgan fingerprint density at radius 1 is 1.15 bits per heavy atom. The average Bonchev–Trinajstić information content (AvgIpc) is 3.04. The quantitative estimate of drug-likeness (QED) is 0.767. The van der Waals surface area contributed by atoms with Crippen LogP contribution in [-0.4, -0.2) is 35.9 Å². The van der Waals surface area contributed by atoms with Crippen molar-refractivity contribution in [3.8, 4) is 0 Å². The number of hydrogen-bond donors (Lipinski definition) is 1. The Hall–Kier alpha value is -2.24. The second kappa shape index (κ2) is 7.17. The third-order valence-corrected chi connectivity index (χ3v) is 6.23. The zero-order valence-electron chi connectivity index (χ0n) is 15.2. The summed E-state index contributed by atoms with van der Waals surface area (Å²) < 4.78 is 1.24. The molecular weight excluding hydrogens is 342 g/mol. The smallest absolute Gasteiger partial charge is 0.251 e. The van der Waals surface area contributed by atoms with Gasteiger partial charge in [-0.2, -0.15) is 0 Å². The van der Waals surface area contributed by atoms with Crippen molar-refractivity contribution >= 4 is 27.5 Å². The lowest BCUT2D eigenvalue weighted by molar-refractivity contribution is 0.0963. The summed E-state index contributed by atoms with van der Waals surface area (Å²) in [5.74, 6) is -0.0150. The first-order chi connectivity index (χ1) is 12.7. The molecule has 0 bridgehead atoms. The zero-order chi connectivity index (χ0) is 18.1. The van der Waals surface area contributed by atoms with Gasteiger partial charge in [-0.15, -0.1) is 11.3 Å². The molecule has 1 unspecified atom stereocenters. The molecular formula is C21H23N3OS. The van der Waals surface area contributed by atoms with Gasteiger partial charge in [0.05, 0.1) is 15.7 Å². The van der Waals surface area contributed by atoms with Crippen LogP contribution >= 0.6 is 11.3 Å². The van der Waals surface area contributed by atoms with E-state index in [1.54, 1.807) is 18.4 Å². The monoisotopic (exact) mass is 365 g/mol. The molecule has 0 fully saturated rings. The van der Waals surface area contributed by atoms with Crippen molar-refractivity contribution in [2.75, 3.05) is 20.1 Å². The number of carbonyl (C=O) groups is 1. The molecule has 4 nitrogen and oxygen atoms in total. The van der Waals surface area contributed by atoms with Crippen LogP contribution in [0.5, 0.6) is 0 Å². The number of rotatable bonds is 3. The predicted molar refractivity (Wildman–Crippen MR) is 107 cm³/mol. The van der Waals surface area contributed by atoms with Crippen molar-refractivity contribution in [1.82, 2.24) is 15.2 Å². The molecule has 2 aromatic carbocycles. The maximum Gasteiger partial charge on any atom is 0.251 e. The van der Waals surface area contributed by atoms with Crippen molar-refractivity contribution < 1.29 is 4.79 Å². The first-order valence-corrected chi connectivity index (χ1v) is 9.95. The van der Waals surface area contributed by atoms with Gasteiger partial charge in [0.2, 0.25) is 0 Å². The minimum atomic E-state index is -0.0150. The molecule has 4 rings (SSSR count). The third-order valence-electron chi connectivity index (χ3n) is 5.42. The normalized spacial score (nSPS) is 16.1. The summed E-state index contributed by atoms with van der Waals surface area (Å²) in [6.45, 7) is 4.31. The van der Waals surface area contributed by atoms with E-state index in [0.717, 1.165) is 37.0 Å². The molecule has 26 heavy (non-hydrogen) atoms. The van der Waals surface area contributed by atoms with E-state index in [1.165, 1.54) is 21.4 Å². The highest BCUT2D eigenvalue weighted by molar-refractivity contribution is 7.16. The van der Waals surface area contributed by atoms with E-state index >= 15 is 0 Å². The number of fused-ring (bicyclic) bond motifs is 2. The lowest BCUT2D eigenvalue weighted by Crippen LogP contribution is -2.29. The standard InChI is InChI=1S/C21H23N3OS/c1-14(16-5-6-20-19(12-16)23-13-26-20)24-9-7-15-3-4-18(21(25)22-2)11-17(15)8-10-24/h3-6,11-14H,7-10H2,1-2H3,(H,22,25). The maximum atomic E-state index is 11.9. The predicted octanol–water partition coefficient (Wildman–Crippen LogP) is 3.82. The van der Waals surface area contributed by atoms with Crippen molar-refractivity contribution in [1.29, 1.82) is 0 Å². The van der Waals surface area contributed by atoms with Crippen LogP contribution < -0.4 is 5.32 Å². The highest BCUT2D eigenvalue weighted by atomic mass is 32.1. The first-order valence-electron chi connectivity index (χ1n) is 9.07. The molecule has 0 saturated heterocycles. The van der Waals surface area contributed by atoms with Gasteiger partial charge in [-0.1, -0.05) is 12.1 Å². The third kappa shape index (κ3) is 3.24. The van der Waals surface area contributed by atoms with Gasteiger partial charge in [0.25, 0.3) is 5.91 Å². The fourth-order valence-electron chi connectivity index (χ4n) is 3.76. The fraction of sp³-hybridized carbons (Fsp3) is 0.333. The Labute approximate surface area is 157 Å². The van der Waals surface area contributed by atoms with E-state index in [0.29, 0.717) is 6.04 Å². The largest absolute Gasteiger partial charge is 0.355 e. The second-order valence-corrected chi connectivity index (χ2v) is 7.74. The molecule has 134 valence electrons. The molecule has 1 aliphatic heterocycles. The zero-order valence-corrected chi connectivity index (χ0v) is 16.0. The Kier molecular flexibility index (Phi) is 4.74. The topological polar surface area (TPSA) is 45.2 Å². The van der Waals surface area contributed by atoms with Gasteiger partial charge in [-0.3, -0.25) is 9.69 Å². The van der Waals surface area contributed by atoms with Gasteiger partial charge in [0.15, 0.2) is 0 Å². The molecule has 0 aliphatic carbocycles. The molecule has 0 saturated carbocycles. The van der Waals surface area contributed by atoms with E-state index < -0.39 is 0 Å². The summed E-state index contributed by atoms with van der Waals surface area (Å²) in [5.41, 5.74) is 7.74. The van der Waals surface area contributed by atoms with Crippen LogP contribution in [0, 0.1) is 0 Å². The number of carbonyl (C=O) groups excluding carboxylic acids is 1. The summed E-state index contributed by atoms with van der Waals surface area (Å²) >= 11 is 1.69. The molecule has 1 amide bonds.